The van der Waals surface area contributed by atoms with Gasteiger partial charge in [-0.2, -0.15) is 0 Å². The Labute approximate surface area is 369 Å². The van der Waals surface area contributed by atoms with Crippen LogP contribution in [0.4, 0.5) is 0 Å². The molecule has 10 aromatic carbocycles. The van der Waals surface area contributed by atoms with E-state index >= 15 is 0 Å². The zero-order chi connectivity index (χ0) is 42.1. The lowest BCUT2D eigenvalue weighted by Gasteiger charge is -2.15. The Hall–Kier alpha value is -8.60. The minimum atomic E-state index is 0.699. The molecule has 0 saturated carbocycles. The molecule has 0 radical (unpaired) electrons. The highest BCUT2D eigenvalue weighted by molar-refractivity contribution is 6.31. The average Bonchev–Trinajstić information content (AvgIpc) is 3.90. The molecule has 3 aromatic heterocycles. The van der Waals surface area contributed by atoms with Crippen molar-refractivity contribution in [3.8, 4) is 56.3 Å². The lowest BCUT2D eigenvalue weighted by Crippen LogP contribution is -1.98. The molecular weight excluding hydrogens is 777 g/mol. The van der Waals surface area contributed by atoms with Gasteiger partial charge in [-0.3, -0.25) is 0 Å². The molecule has 0 aliphatic carbocycles. The lowest BCUT2D eigenvalue weighted by atomic mass is 9.98. The molecule has 0 amide bonds. The molecule has 0 atom stereocenters. The molecule has 4 nitrogen and oxygen atoms in total. The molecule has 0 spiro atoms. The van der Waals surface area contributed by atoms with E-state index in [1.807, 2.05) is 12.1 Å². The van der Waals surface area contributed by atoms with Crippen molar-refractivity contribution in [2.45, 2.75) is 0 Å². The summed E-state index contributed by atoms with van der Waals surface area (Å²) in [5.74, 6) is 0.699. The van der Waals surface area contributed by atoms with E-state index in [1.165, 1.54) is 60.1 Å². The van der Waals surface area contributed by atoms with Gasteiger partial charge in [0.05, 0.1) is 33.3 Å². The van der Waals surface area contributed by atoms with Crippen molar-refractivity contribution in [1.82, 2.24) is 19.1 Å². The monoisotopic (exact) mass is 814 g/mol. The Balaban J connectivity index is 1.09. The number of fused-ring (bicyclic) bond motifs is 10. The van der Waals surface area contributed by atoms with Gasteiger partial charge < -0.3 is 9.13 Å². The molecule has 13 rings (SSSR count). The number of benzene rings is 10. The Bertz CT molecular complexity index is 3880. The van der Waals surface area contributed by atoms with E-state index in [1.54, 1.807) is 0 Å². The SMILES string of the molecule is c1ccc(-c2cc(-c3ccccc3)cc(-n3c4ccc5c(c6ccccc6n5-c5cccc(-c6nc(-c7ccccc7)c7ccccc7n6)c5)c4c4ccc5ccccc5c43)c2)cc1. The molecule has 0 N–H and O–H groups in total. The van der Waals surface area contributed by atoms with E-state index in [2.05, 4.69) is 228 Å². The van der Waals surface area contributed by atoms with Crippen LogP contribution >= 0.6 is 0 Å². The highest BCUT2D eigenvalue weighted by Crippen LogP contribution is 2.45. The quantitative estimate of drug-likeness (QED) is 0.168. The van der Waals surface area contributed by atoms with Crippen molar-refractivity contribution in [3.63, 3.8) is 0 Å². The van der Waals surface area contributed by atoms with Crippen LogP contribution in [0.15, 0.2) is 231 Å². The first-order valence-corrected chi connectivity index (χ1v) is 21.8. The second-order valence-corrected chi connectivity index (χ2v) is 16.6. The Morgan fingerprint density at radius 1 is 0.297 bits per heavy atom. The third-order valence-corrected chi connectivity index (χ3v) is 12.9. The number of hydrogen-bond donors (Lipinski definition) is 0. The Morgan fingerprint density at radius 2 is 0.859 bits per heavy atom. The molecule has 0 unspecified atom stereocenters. The van der Waals surface area contributed by atoms with Crippen molar-refractivity contribution < 1.29 is 0 Å². The molecule has 0 aliphatic rings. The Kier molecular flexibility index (Phi) is 8.18. The number of para-hydroxylation sites is 2. The molecule has 3 heterocycles. The third kappa shape index (κ3) is 5.70. The normalized spacial score (nSPS) is 11.8. The van der Waals surface area contributed by atoms with Crippen LogP contribution in [0.2, 0.25) is 0 Å². The zero-order valence-corrected chi connectivity index (χ0v) is 34.7. The molecule has 0 fully saturated rings. The van der Waals surface area contributed by atoms with Gasteiger partial charge in [0, 0.05) is 54.8 Å². The summed E-state index contributed by atoms with van der Waals surface area (Å²) in [5.41, 5.74) is 15.4. The summed E-state index contributed by atoms with van der Waals surface area (Å²) in [4.78, 5) is 10.4. The maximum atomic E-state index is 5.25. The summed E-state index contributed by atoms with van der Waals surface area (Å²) in [6.07, 6.45) is 0. The van der Waals surface area contributed by atoms with Gasteiger partial charge >= 0.3 is 0 Å². The highest BCUT2D eigenvalue weighted by atomic mass is 15.0. The predicted octanol–water partition coefficient (Wildman–Crippen LogP) is 15.6. The third-order valence-electron chi connectivity index (χ3n) is 12.9. The van der Waals surface area contributed by atoms with Gasteiger partial charge in [0.2, 0.25) is 0 Å². The second kappa shape index (κ2) is 14.5. The van der Waals surface area contributed by atoms with E-state index in [0.717, 1.165) is 55.6 Å². The molecule has 0 saturated heterocycles. The molecule has 0 bridgehead atoms. The summed E-state index contributed by atoms with van der Waals surface area (Å²) < 4.78 is 4.93. The fourth-order valence-electron chi connectivity index (χ4n) is 10.0. The van der Waals surface area contributed by atoms with E-state index in [0.29, 0.717) is 5.82 Å². The van der Waals surface area contributed by atoms with Crippen molar-refractivity contribution >= 4 is 65.3 Å². The highest BCUT2D eigenvalue weighted by Gasteiger charge is 2.23. The summed E-state index contributed by atoms with van der Waals surface area (Å²) in [6.45, 7) is 0. The fourth-order valence-corrected chi connectivity index (χ4v) is 10.0. The number of rotatable bonds is 6. The molecule has 4 heteroatoms. The van der Waals surface area contributed by atoms with Crippen molar-refractivity contribution in [3.05, 3.63) is 231 Å². The first kappa shape index (κ1) is 36.1. The van der Waals surface area contributed by atoms with Crippen molar-refractivity contribution in [2.75, 3.05) is 0 Å². The summed E-state index contributed by atoms with van der Waals surface area (Å²) >= 11 is 0. The summed E-state index contributed by atoms with van der Waals surface area (Å²) in [7, 11) is 0. The zero-order valence-electron chi connectivity index (χ0n) is 34.7. The van der Waals surface area contributed by atoms with Crippen LogP contribution < -0.4 is 0 Å². The van der Waals surface area contributed by atoms with Crippen molar-refractivity contribution in [2.24, 2.45) is 0 Å². The van der Waals surface area contributed by atoms with Crippen LogP contribution in [0, 0.1) is 0 Å². The van der Waals surface area contributed by atoms with Gasteiger partial charge in [-0.05, 0) is 82.2 Å². The van der Waals surface area contributed by atoms with Gasteiger partial charge in [0.15, 0.2) is 5.82 Å². The maximum absolute atomic E-state index is 5.25. The van der Waals surface area contributed by atoms with Gasteiger partial charge in [0.1, 0.15) is 0 Å². The first-order chi connectivity index (χ1) is 31.7. The van der Waals surface area contributed by atoms with Crippen molar-refractivity contribution in [1.29, 1.82) is 0 Å². The molecule has 13 aromatic rings. The smallest absolute Gasteiger partial charge is 0.160 e. The van der Waals surface area contributed by atoms with E-state index in [-0.39, 0.29) is 0 Å². The summed E-state index contributed by atoms with van der Waals surface area (Å²) in [5, 5.41) is 8.36. The van der Waals surface area contributed by atoms with Gasteiger partial charge in [-0.15, -0.1) is 0 Å². The molecular formula is C60H38N4. The largest absolute Gasteiger partial charge is 0.309 e. The molecule has 298 valence electrons. The topological polar surface area (TPSA) is 35.6 Å². The fraction of sp³-hybridized carbons (Fsp3) is 0. The first-order valence-electron chi connectivity index (χ1n) is 21.8. The maximum Gasteiger partial charge on any atom is 0.160 e. The van der Waals surface area contributed by atoms with Crippen LogP contribution in [0.5, 0.6) is 0 Å². The minimum absolute atomic E-state index is 0.699. The van der Waals surface area contributed by atoms with Gasteiger partial charge in [-0.25, -0.2) is 9.97 Å². The average molecular weight is 815 g/mol. The minimum Gasteiger partial charge on any atom is -0.309 e. The van der Waals surface area contributed by atoms with E-state index in [9.17, 15) is 0 Å². The van der Waals surface area contributed by atoms with E-state index in [4.69, 9.17) is 9.97 Å². The van der Waals surface area contributed by atoms with Crippen LogP contribution in [0.3, 0.4) is 0 Å². The van der Waals surface area contributed by atoms with Gasteiger partial charge in [-0.1, -0.05) is 176 Å². The molecule has 0 aliphatic heterocycles. The number of aromatic nitrogens is 4. The van der Waals surface area contributed by atoms with Crippen LogP contribution in [0.1, 0.15) is 0 Å². The second-order valence-electron chi connectivity index (χ2n) is 16.6. The number of nitrogens with zero attached hydrogens (tertiary/aromatic N) is 4. The van der Waals surface area contributed by atoms with Crippen LogP contribution in [0.25, 0.3) is 122 Å². The number of hydrogen-bond acceptors (Lipinski definition) is 2. The lowest BCUT2D eigenvalue weighted by molar-refractivity contribution is 1.17. The van der Waals surface area contributed by atoms with Crippen LogP contribution in [-0.4, -0.2) is 19.1 Å². The van der Waals surface area contributed by atoms with Gasteiger partial charge in [0.25, 0.3) is 0 Å². The van der Waals surface area contributed by atoms with E-state index < -0.39 is 0 Å². The Morgan fingerprint density at radius 3 is 1.59 bits per heavy atom. The standard InChI is InChI=1S/C60H38N4/c1-4-17-39(18-5-1)44-35-45(40-19-6-2-7-20-40)38-47(37-44)64-55-34-33-54-56(57(55)51-32-31-41-21-10-11-26-48(41)59(51)64)50-28-13-15-30-53(50)63(54)46-25-16-24-43(36-46)60-61-52-29-14-12-27-49(52)58(62-60)42-22-8-3-9-23-42/h1-38H. The summed E-state index contributed by atoms with van der Waals surface area (Å²) in [6, 6.07) is 82.9. The predicted molar refractivity (Wildman–Crippen MR) is 267 cm³/mol. The molecule has 64 heavy (non-hydrogen) atoms. The van der Waals surface area contributed by atoms with Crippen LogP contribution in [-0.2, 0) is 0 Å².